The van der Waals surface area contributed by atoms with Crippen molar-refractivity contribution in [2.24, 2.45) is 0 Å². The summed E-state index contributed by atoms with van der Waals surface area (Å²) in [5, 5.41) is 12.5. The zero-order valence-electron chi connectivity index (χ0n) is 74.5. The van der Waals surface area contributed by atoms with Crippen LogP contribution in [0.2, 0.25) is 0 Å². The highest BCUT2D eigenvalue weighted by Gasteiger charge is 2.36. The predicted molar refractivity (Wildman–Crippen MR) is 563 cm³/mol. The Morgan fingerprint density at radius 3 is 1.04 bits per heavy atom. The third-order valence-corrected chi connectivity index (χ3v) is 27.3. The summed E-state index contributed by atoms with van der Waals surface area (Å²) >= 11 is 0. The highest BCUT2D eigenvalue weighted by Crippen LogP contribution is 2.51. The molecule has 1 aliphatic rings. The van der Waals surface area contributed by atoms with E-state index in [1.165, 1.54) is 38.6 Å². The van der Waals surface area contributed by atoms with E-state index in [4.69, 9.17) is 47.6 Å². The molecule has 27 aromatic rings. The van der Waals surface area contributed by atoms with Gasteiger partial charge in [0.05, 0.1) is 61.7 Å². The second-order valence-corrected chi connectivity index (χ2v) is 35.7. The molecule has 0 bridgehead atoms. The van der Waals surface area contributed by atoms with E-state index in [0.717, 1.165) is 238 Å². The lowest BCUT2D eigenvalue weighted by atomic mass is 9.82. The van der Waals surface area contributed by atoms with Gasteiger partial charge in [-0.3, -0.25) is 4.98 Å². The maximum Gasteiger partial charge on any atom is 0.136 e. The van der Waals surface area contributed by atoms with Crippen LogP contribution >= 0.6 is 0 Å². The molecule has 137 heavy (non-hydrogen) atoms. The van der Waals surface area contributed by atoms with Crippen LogP contribution in [-0.4, -0.2) is 29.9 Å². The number of para-hydroxylation sites is 6. The quantitative estimate of drug-likeness (QED) is 0.123. The van der Waals surface area contributed by atoms with Gasteiger partial charge in [0, 0.05) is 93.5 Å². The molecule has 0 unspecified atom stereocenters. The summed E-state index contributed by atoms with van der Waals surface area (Å²) in [5.41, 5.74) is 39.9. The van der Waals surface area contributed by atoms with Gasteiger partial charge in [-0.2, -0.15) is 0 Å². The van der Waals surface area contributed by atoms with Gasteiger partial charge in [0.25, 0.3) is 0 Å². The molecule has 0 saturated carbocycles. The maximum absolute atomic E-state index is 6.16. The third kappa shape index (κ3) is 13.9. The normalized spacial score (nSPS) is 12.2. The van der Waals surface area contributed by atoms with E-state index in [2.05, 4.69) is 347 Å². The summed E-state index contributed by atoms with van der Waals surface area (Å²) in [6.45, 7) is 4.64. The van der Waals surface area contributed by atoms with Crippen molar-refractivity contribution in [3.05, 3.63) is 460 Å². The molecule has 0 N–H and O–H groups in total. The smallest absolute Gasteiger partial charge is 0.136 e. The second-order valence-electron chi connectivity index (χ2n) is 35.7. The van der Waals surface area contributed by atoms with Crippen molar-refractivity contribution in [3.8, 4) is 134 Å². The molecule has 8 heterocycles. The van der Waals surface area contributed by atoms with Gasteiger partial charge in [-0.1, -0.05) is 354 Å². The van der Waals surface area contributed by atoms with E-state index < -0.39 is 0 Å². The lowest BCUT2D eigenvalue weighted by Crippen LogP contribution is -2.14. The number of benzene rings is 19. The van der Waals surface area contributed by atoms with Crippen LogP contribution in [0.15, 0.2) is 467 Å². The molecule has 19 aromatic carbocycles. The van der Waals surface area contributed by atoms with Gasteiger partial charge < -0.3 is 17.7 Å². The van der Waals surface area contributed by atoms with E-state index in [0.29, 0.717) is 0 Å². The standard InChI is InChI=1S/C44H26N2O2.C42H26N2O.C41H28N2O/c1-5-15-37-33(9-1)41-31(11-7-17-39(41)47-37)27-19-23-29(24-20-27)43-44(46-36-14-4-3-13-35(36)45-43)30-25-21-28(22-26-30)32-12-8-18-40-42(32)34-10-2-6-16-38(34)48-40;1-2-10-30(11-3-1)41-42(33-22-19-27-9-4-5-12-31(27)25-33)43-36-24-23-32(26-37(36)44-41)28-17-20-29(21-18-28)34-14-8-16-39-40(34)35-13-6-7-15-38(35)45-39;1-41(2)33-13-5-3-9-29(33)30-21-20-27(23-34(30)41)40-31-12-8-22-42-36(31)24-35(43-40)26-18-16-25(17-19-26)28-11-7-15-38-39(28)32-10-4-6-14-37(32)44-38/h1-26H;1-26H;3-24H,1-2H3. The number of nitrogens with zero attached hydrogens (tertiary/aromatic N) is 6. The van der Waals surface area contributed by atoms with E-state index in [-0.39, 0.29) is 5.41 Å². The summed E-state index contributed by atoms with van der Waals surface area (Å²) in [4.78, 5) is 30.8. The average molecular weight is 1750 g/mol. The van der Waals surface area contributed by atoms with Gasteiger partial charge in [-0.05, 0) is 192 Å². The van der Waals surface area contributed by atoms with Crippen LogP contribution in [0.1, 0.15) is 25.0 Å². The molecule has 0 saturated heterocycles. The summed E-state index contributed by atoms with van der Waals surface area (Å²) in [6, 6.07) is 154. The minimum Gasteiger partial charge on any atom is -0.456 e. The van der Waals surface area contributed by atoms with Gasteiger partial charge in [-0.25, -0.2) is 24.9 Å². The van der Waals surface area contributed by atoms with E-state index in [1.54, 1.807) is 0 Å². The fraction of sp³-hybridized carbons (Fsp3) is 0.0236. The highest BCUT2D eigenvalue weighted by atomic mass is 16.3. The summed E-state index contributed by atoms with van der Waals surface area (Å²) in [7, 11) is 0. The molecule has 0 aliphatic heterocycles. The Kier molecular flexibility index (Phi) is 19.1. The van der Waals surface area contributed by atoms with Crippen LogP contribution in [0, 0.1) is 0 Å². The fourth-order valence-corrected chi connectivity index (χ4v) is 20.6. The van der Waals surface area contributed by atoms with Crippen LogP contribution in [0.5, 0.6) is 0 Å². The highest BCUT2D eigenvalue weighted by molar-refractivity contribution is 6.16. The summed E-state index contributed by atoms with van der Waals surface area (Å²) in [5.74, 6) is 0. The molecule has 0 amide bonds. The number of aromatic nitrogens is 6. The van der Waals surface area contributed by atoms with Crippen molar-refractivity contribution in [3.63, 3.8) is 0 Å². The Hall–Kier alpha value is -18.1. The first-order valence-corrected chi connectivity index (χ1v) is 46.3. The van der Waals surface area contributed by atoms with E-state index in [9.17, 15) is 0 Å². The Morgan fingerprint density at radius 2 is 0.533 bits per heavy atom. The zero-order valence-corrected chi connectivity index (χ0v) is 74.5. The van der Waals surface area contributed by atoms with Gasteiger partial charge in [-0.15, -0.1) is 0 Å². The molecular formula is C127H80N6O4. The van der Waals surface area contributed by atoms with Crippen molar-refractivity contribution in [2.75, 3.05) is 0 Å². The van der Waals surface area contributed by atoms with Crippen molar-refractivity contribution in [2.45, 2.75) is 19.3 Å². The first-order chi connectivity index (χ1) is 67.6. The number of hydrogen-bond acceptors (Lipinski definition) is 10. The molecule has 10 heteroatoms. The monoisotopic (exact) mass is 1750 g/mol. The Morgan fingerprint density at radius 1 is 0.182 bits per heavy atom. The molecule has 10 nitrogen and oxygen atoms in total. The lowest BCUT2D eigenvalue weighted by Gasteiger charge is -2.22. The molecule has 0 atom stereocenters. The average Bonchev–Trinajstić information content (AvgIpc) is 1.58. The molecule has 0 spiro atoms. The van der Waals surface area contributed by atoms with Crippen molar-refractivity contribution >= 4 is 131 Å². The first kappa shape index (κ1) is 79.8. The molecule has 28 rings (SSSR count). The molecule has 0 radical (unpaired) electrons. The van der Waals surface area contributed by atoms with Crippen molar-refractivity contribution in [1.29, 1.82) is 0 Å². The van der Waals surface area contributed by atoms with Crippen LogP contribution in [-0.2, 0) is 5.41 Å². The Balaban J connectivity index is 0.000000107. The van der Waals surface area contributed by atoms with Gasteiger partial charge >= 0.3 is 0 Å². The van der Waals surface area contributed by atoms with Crippen molar-refractivity contribution < 1.29 is 17.7 Å². The molecule has 1 aliphatic carbocycles. The van der Waals surface area contributed by atoms with Crippen LogP contribution in [0.4, 0.5) is 0 Å². The fourth-order valence-electron chi connectivity index (χ4n) is 20.6. The minimum absolute atomic E-state index is 0.0768. The minimum atomic E-state index is -0.0768. The van der Waals surface area contributed by atoms with Gasteiger partial charge in [0.2, 0.25) is 0 Å². The Labute approximate surface area is 787 Å². The van der Waals surface area contributed by atoms with Crippen LogP contribution in [0.25, 0.3) is 266 Å². The largest absolute Gasteiger partial charge is 0.456 e. The molecule has 0 fully saturated rings. The maximum atomic E-state index is 6.16. The zero-order chi connectivity index (χ0) is 90.8. The summed E-state index contributed by atoms with van der Waals surface area (Å²) < 4.78 is 24.6. The van der Waals surface area contributed by atoms with Gasteiger partial charge in [0.15, 0.2) is 0 Å². The lowest BCUT2D eigenvalue weighted by molar-refractivity contribution is 0.660. The van der Waals surface area contributed by atoms with Crippen LogP contribution < -0.4 is 0 Å². The van der Waals surface area contributed by atoms with Crippen LogP contribution in [0.3, 0.4) is 0 Å². The Bertz CT molecular complexity index is 9310. The number of rotatable bonds is 11. The SMILES string of the molecule is CC1(C)c2ccccc2-c2ccc(-c3nc(-c4ccc(-c5cccc6oc7ccccc7c56)cc4)cc4ncccc34)cc21.c1ccc(-c2nc3cc(-c4ccc(-c5cccc6oc7ccccc7c56)cc4)ccc3nc2-c2ccc3ccccc3c2)cc1.c1ccc2nc(-c3ccc(-c4cccc5oc6ccccc6c45)cc3)c(-c3ccc(-c4cccc5oc6ccccc6c45)cc3)nc2c1. The number of pyridine rings is 2. The van der Waals surface area contributed by atoms with E-state index in [1.807, 2.05) is 115 Å². The van der Waals surface area contributed by atoms with E-state index >= 15 is 0 Å². The number of furan rings is 4. The molecule has 8 aromatic heterocycles. The van der Waals surface area contributed by atoms with Gasteiger partial charge in [0.1, 0.15) is 44.7 Å². The number of fused-ring (bicyclic) bond motifs is 19. The second kappa shape index (κ2) is 32.7. The number of hydrogen-bond donors (Lipinski definition) is 0. The van der Waals surface area contributed by atoms with Crippen molar-refractivity contribution in [1.82, 2.24) is 29.9 Å². The third-order valence-electron chi connectivity index (χ3n) is 27.3. The summed E-state index contributed by atoms with van der Waals surface area (Å²) in [6.07, 6.45) is 1.86. The topological polar surface area (TPSA) is 130 Å². The molecule has 642 valence electrons. The molecular weight excluding hydrogens is 1670 g/mol. The first-order valence-electron chi connectivity index (χ1n) is 46.3. The predicted octanol–water partition coefficient (Wildman–Crippen LogP) is 34.3.